The lowest BCUT2D eigenvalue weighted by Crippen LogP contribution is -2.01. The van der Waals surface area contributed by atoms with E-state index in [1.807, 2.05) is 19.9 Å². The molecule has 0 amide bonds. The number of aromatic hydroxyl groups is 1. The lowest BCUT2D eigenvalue weighted by Gasteiger charge is -2.04. The van der Waals surface area contributed by atoms with E-state index in [0.717, 1.165) is 10.8 Å². The molecule has 0 radical (unpaired) electrons. The molecule has 0 saturated carbocycles. The Morgan fingerprint density at radius 2 is 1.88 bits per heavy atom. The highest BCUT2D eigenvalue weighted by Crippen LogP contribution is 2.23. The first-order valence-electron chi connectivity index (χ1n) is 5.52. The van der Waals surface area contributed by atoms with Crippen molar-refractivity contribution < 1.29 is 14.6 Å². The number of ether oxygens (including phenoxy) is 1. The normalized spacial score (nSPS) is 9.35. The van der Waals surface area contributed by atoms with Crippen LogP contribution in [0.2, 0.25) is 0 Å². The summed E-state index contributed by atoms with van der Waals surface area (Å²) < 4.78 is 4.67. The Morgan fingerprint density at radius 3 is 2.53 bits per heavy atom. The number of carbonyl (C=O) groups excluding carboxylic acids is 1. The van der Waals surface area contributed by atoms with Gasteiger partial charge in [0.2, 0.25) is 0 Å². The van der Waals surface area contributed by atoms with Gasteiger partial charge in [-0.3, -0.25) is 0 Å². The first kappa shape index (κ1) is 13.0. The predicted octanol–water partition coefficient (Wildman–Crippen LogP) is 3.36. The van der Waals surface area contributed by atoms with E-state index in [1.165, 1.54) is 7.11 Å². The Kier molecular flexibility index (Phi) is 4.52. The highest BCUT2D eigenvalue weighted by molar-refractivity contribution is 6.04. The van der Waals surface area contributed by atoms with E-state index in [2.05, 4.69) is 4.74 Å². The maximum Gasteiger partial charge on any atom is 0.338 e. The van der Waals surface area contributed by atoms with Crippen LogP contribution in [0.5, 0.6) is 5.75 Å². The summed E-state index contributed by atoms with van der Waals surface area (Å²) in [5.41, 5.74) is 0.509. The molecule has 2 aromatic carbocycles. The minimum Gasteiger partial charge on any atom is -0.508 e. The van der Waals surface area contributed by atoms with Crippen LogP contribution in [0.3, 0.4) is 0 Å². The van der Waals surface area contributed by atoms with Crippen LogP contribution >= 0.6 is 0 Å². The molecule has 17 heavy (non-hydrogen) atoms. The second-order valence-corrected chi connectivity index (χ2v) is 3.20. The van der Waals surface area contributed by atoms with Crippen molar-refractivity contribution in [1.29, 1.82) is 0 Å². The Hall–Kier alpha value is -2.03. The van der Waals surface area contributed by atoms with Crippen molar-refractivity contribution in [3.63, 3.8) is 0 Å². The number of methoxy groups -OCH3 is 1. The van der Waals surface area contributed by atoms with E-state index in [9.17, 15) is 9.90 Å². The largest absolute Gasteiger partial charge is 0.508 e. The van der Waals surface area contributed by atoms with Gasteiger partial charge in [0.05, 0.1) is 12.7 Å². The van der Waals surface area contributed by atoms with Crippen LogP contribution in [0.15, 0.2) is 36.4 Å². The van der Waals surface area contributed by atoms with Crippen LogP contribution in [0.1, 0.15) is 24.2 Å². The molecule has 1 N–H and O–H groups in total. The number of hydrogen-bond acceptors (Lipinski definition) is 3. The summed E-state index contributed by atoms with van der Waals surface area (Å²) in [4.78, 5) is 11.4. The molecule has 3 heteroatoms. The van der Waals surface area contributed by atoms with Crippen LogP contribution in [0.4, 0.5) is 0 Å². The Morgan fingerprint density at radius 1 is 1.18 bits per heavy atom. The van der Waals surface area contributed by atoms with Crippen LogP contribution in [0.25, 0.3) is 10.8 Å². The van der Waals surface area contributed by atoms with E-state index in [-0.39, 0.29) is 11.7 Å². The fourth-order valence-electron chi connectivity index (χ4n) is 1.56. The quantitative estimate of drug-likeness (QED) is 0.767. The lowest BCUT2D eigenvalue weighted by molar-refractivity contribution is 0.0603. The minimum absolute atomic E-state index is 0.185. The molecule has 3 nitrogen and oxygen atoms in total. The second-order valence-electron chi connectivity index (χ2n) is 3.20. The van der Waals surface area contributed by atoms with Crippen molar-refractivity contribution in [3.8, 4) is 5.75 Å². The van der Waals surface area contributed by atoms with Crippen LogP contribution in [-0.2, 0) is 4.74 Å². The van der Waals surface area contributed by atoms with Crippen molar-refractivity contribution in [1.82, 2.24) is 0 Å². The van der Waals surface area contributed by atoms with E-state index in [4.69, 9.17) is 0 Å². The van der Waals surface area contributed by atoms with Gasteiger partial charge in [-0.15, -0.1) is 0 Å². The van der Waals surface area contributed by atoms with Gasteiger partial charge in [0.25, 0.3) is 0 Å². The summed E-state index contributed by atoms with van der Waals surface area (Å²) in [6.07, 6.45) is 0. The first-order valence-corrected chi connectivity index (χ1v) is 5.52. The summed E-state index contributed by atoms with van der Waals surface area (Å²) in [5.74, 6) is -0.184. The molecule has 0 unspecified atom stereocenters. The van der Waals surface area contributed by atoms with E-state index >= 15 is 0 Å². The number of phenols is 1. The van der Waals surface area contributed by atoms with Crippen molar-refractivity contribution >= 4 is 16.7 Å². The molecular weight excluding hydrogens is 216 g/mol. The summed E-state index contributed by atoms with van der Waals surface area (Å²) >= 11 is 0. The van der Waals surface area contributed by atoms with Crippen LogP contribution in [-0.4, -0.2) is 18.2 Å². The molecule has 0 saturated heterocycles. The zero-order valence-corrected chi connectivity index (χ0v) is 10.2. The second kappa shape index (κ2) is 5.89. The predicted molar refractivity (Wildman–Crippen MR) is 68.3 cm³/mol. The third kappa shape index (κ3) is 2.75. The fraction of sp³-hybridized carbons (Fsp3) is 0.214. The average Bonchev–Trinajstić information content (AvgIpc) is 2.39. The fourth-order valence-corrected chi connectivity index (χ4v) is 1.56. The average molecular weight is 232 g/mol. The molecule has 0 aliphatic rings. The molecule has 0 heterocycles. The summed E-state index contributed by atoms with van der Waals surface area (Å²) in [6, 6.07) is 10.2. The highest BCUT2D eigenvalue weighted by atomic mass is 16.5. The highest BCUT2D eigenvalue weighted by Gasteiger charge is 2.09. The lowest BCUT2D eigenvalue weighted by atomic mass is 10.0. The van der Waals surface area contributed by atoms with Gasteiger partial charge in [-0.2, -0.15) is 0 Å². The SMILES string of the molecule is CC.COC(=O)c1cccc2cc(O)ccc12. The first-order chi connectivity index (χ1) is 8.22. The maximum atomic E-state index is 11.4. The molecule has 0 bridgehead atoms. The molecule has 0 atom stereocenters. The van der Waals surface area contributed by atoms with Gasteiger partial charge in [0.15, 0.2) is 0 Å². The summed E-state index contributed by atoms with van der Waals surface area (Å²) in [7, 11) is 1.35. The Balaban J connectivity index is 0.000000686. The topological polar surface area (TPSA) is 46.5 Å². The number of hydrogen-bond donors (Lipinski definition) is 1. The van der Waals surface area contributed by atoms with Gasteiger partial charge in [0, 0.05) is 0 Å². The van der Waals surface area contributed by atoms with Gasteiger partial charge in [-0.25, -0.2) is 4.79 Å². The van der Waals surface area contributed by atoms with Crippen molar-refractivity contribution in [2.75, 3.05) is 7.11 Å². The summed E-state index contributed by atoms with van der Waals surface area (Å²) in [6.45, 7) is 4.00. The molecule has 0 aromatic heterocycles. The molecule has 0 fully saturated rings. The van der Waals surface area contributed by atoms with Crippen molar-refractivity contribution in [2.45, 2.75) is 13.8 Å². The van der Waals surface area contributed by atoms with Crippen LogP contribution < -0.4 is 0 Å². The van der Waals surface area contributed by atoms with E-state index < -0.39 is 0 Å². The molecule has 0 aliphatic carbocycles. The van der Waals surface area contributed by atoms with Gasteiger partial charge < -0.3 is 9.84 Å². The van der Waals surface area contributed by atoms with E-state index in [0.29, 0.717) is 5.56 Å². The standard InChI is InChI=1S/C12H10O3.C2H6/c1-15-12(14)11-4-2-3-8-7-9(13)5-6-10(8)11;1-2/h2-7,13H,1H3;1-2H3. The molecular formula is C14H16O3. The number of benzene rings is 2. The molecule has 90 valence electrons. The van der Waals surface area contributed by atoms with Gasteiger partial charge in [-0.05, 0) is 35.0 Å². The molecule has 0 aliphatic heterocycles. The van der Waals surface area contributed by atoms with Crippen molar-refractivity contribution in [2.24, 2.45) is 0 Å². The number of fused-ring (bicyclic) bond motifs is 1. The van der Waals surface area contributed by atoms with Gasteiger partial charge >= 0.3 is 5.97 Å². The van der Waals surface area contributed by atoms with Crippen LogP contribution in [0, 0.1) is 0 Å². The minimum atomic E-state index is -0.369. The maximum absolute atomic E-state index is 11.4. The van der Waals surface area contributed by atoms with E-state index in [1.54, 1.807) is 30.3 Å². The summed E-state index contributed by atoms with van der Waals surface area (Å²) in [5, 5.41) is 10.9. The number of phenolic OH excluding ortho intramolecular Hbond substituents is 1. The zero-order chi connectivity index (χ0) is 12.8. The van der Waals surface area contributed by atoms with Crippen molar-refractivity contribution in [3.05, 3.63) is 42.0 Å². The Labute approximate surface area is 101 Å². The number of esters is 1. The third-order valence-electron chi connectivity index (χ3n) is 2.27. The van der Waals surface area contributed by atoms with Gasteiger partial charge in [-0.1, -0.05) is 26.0 Å². The van der Waals surface area contributed by atoms with Gasteiger partial charge in [0.1, 0.15) is 5.75 Å². The zero-order valence-electron chi connectivity index (χ0n) is 10.2. The molecule has 2 aromatic rings. The number of rotatable bonds is 1. The number of carbonyl (C=O) groups is 1. The Bertz CT molecular complexity index is 518. The smallest absolute Gasteiger partial charge is 0.338 e. The molecule has 0 spiro atoms. The monoisotopic (exact) mass is 232 g/mol. The third-order valence-corrected chi connectivity index (χ3v) is 2.27. The molecule has 2 rings (SSSR count).